The van der Waals surface area contributed by atoms with Crippen LogP contribution in [-0.2, 0) is 9.59 Å². The van der Waals surface area contributed by atoms with Crippen LogP contribution in [0.25, 0.3) is 0 Å². The van der Waals surface area contributed by atoms with Gasteiger partial charge in [-0.3, -0.25) is 9.59 Å². The maximum absolute atomic E-state index is 11.5. The molecule has 0 bridgehead atoms. The van der Waals surface area contributed by atoms with Crippen molar-refractivity contribution in [2.75, 3.05) is 11.9 Å². The Hall–Kier alpha value is -2.04. The molecule has 1 rings (SSSR count). The number of phenols is 1. The van der Waals surface area contributed by atoms with Crippen molar-refractivity contribution < 1.29 is 14.7 Å². The Morgan fingerprint density at radius 2 is 1.88 bits per heavy atom. The number of hydrogen-bond acceptors (Lipinski definition) is 3. The SMILES string of the molecule is CC(=O)NCC(=O)Nc1cc(C)c(O)cc1C. The highest BCUT2D eigenvalue weighted by Crippen LogP contribution is 2.24. The number of nitrogens with one attached hydrogen (secondary N) is 2. The number of hydrogen-bond donors (Lipinski definition) is 3. The van der Waals surface area contributed by atoms with Crippen LogP contribution in [0.4, 0.5) is 5.69 Å². The fourth-order valence-electron chi connectivity index (χ4n) is 1.33. The number of anilines is 1. The summed E-state index contributed by atoms with van der Waals surface area (Å²) in [5, 5.41) is 14.5. The minimum absolute atomic E-state index is 0.0608. The first-order valence-electron chi connectivity index (χ1n) is 5.24. The van der Waals surface area contributed by atoms with Gasteiger partial charge in [0.2, 0.25) is 11.8 Å². The minimum Gasteiger partial charge on any atom is -0.508 e. The van der Waals surface area contributed by atoms with Crippen LogP contribution in [-0.4, -0.2) is 23.5 Å². The predicted molar refractivity (Wildman–Crippen MR) is 64.9 cm³/mol. The van der Waals surface area contributed by atoms with Crippen LogP contribution in [0, 0.1) is 13.8 Å². The maximum atomic E-state index is 11.5. The van der Waals surface area contributed by atoms with Gasteiger partial charge in [-0.1, -0.05) is 0 Å². The molecule has 5 heteroatoms. The highest BCUT2D eigenvalue weighted by molar-refractivity contribution is 5.95. The van der Waals surface area contributed by atoms with Crippen molar-refractivity contribution >= 4 is 17.5 Å². The Morgan fingerprint density at radius 1 is 1.24 bits per heavy atom. The number of amides is 2. The number of rotatable bonds is 3. The van der Waals surface area contributed by atoms with Crippen LogP contribution < -0.4 is 10.6 Å². The predicted octanol–water partition coefficient (Wildman–Crippen LogP) is 1.08. The lowest BCUT2D eigenvalue weighted by molar-refractivity contribution is -0.122. The number of carbonyl (C=O) groups is 2. The summed E-state index contributed by atoms with van der Waals surface area (Å²) in [6.45, 7) is 4.82. The summed E-state index contributed by atoms with van der Waals surface area (Å²) in [5.74, 6) is -0.352. The summed E-state index contributed by atoms with van der Waals surface area (Å²) in [6, 6.07) is 3.28. The van der Waals surface area contributed by atoms with E-state index in [1.807, 2.05) is 0 Å². The van der Waals surface area contributed by atoms with E-state index in [-0.39, 0.29) is 24.1 Å². The Morgan fingerprint density at radius 3 is 2.47 bits per heavy atom. The molecule has 5 nitrogen and oxygen atoms in total. The minimum atomic E-state index is -0.298. The van der Waals surface area contributed by atoms with Crippen LogP contribution in [0.3, 0.4) is 0 Å². The molecular weight excluding hydrogens is 220 g/mol. The van der Waals surface area contributed by atoms with Crippen LogP contribution >= 0.6 is 0 Å². The summed E-state index contributed by atoms with van der Waals surface area (Å²) in [4.78, 5) is 22.1. The Balaban J connectivity index is 2.71. The molecule has 0 saturated carbocycles. The van der Waals surface area contributed by atoms with E-state index in [4.69, 9.17) is 0 Å². The standard InChI is InChI=1S/C12H16N2O3/c1-7-5-11(16)8(2)4-10(7)14-12(17)6-13-9(3)15/h4-5,16H,6H2,1-3H3,(H,13,15)(H,14,17). The van der Waals surface area contributed by atoms with Crippen LogP contribution in [0.2, 0.25) is 0 Å². The average Bonchev–Trinajstić information content (AvgIpc) is 2.23. The summed E-state index contributed by atoms with van der Waals surface area (Å²) in [6.07, 6.45) is 0. The van der Waals surface area contributed by atoms with Gasteiger partial charge in [0.1, 0.15) is 5.75 Å². The molecule has 1 aromatic rings. The molecule has 17 heavy (non-hydrogen) atoms. The Bertz CT molecular complexity index is 455. The zero-order chi connectivity index (χ0) is 13.0. The fourth-order valence-corrected chi connectivity index (χ4v) is 1.33. The van der Waals surface area contributed by atoms with Gasteiger partial charge in [0.25, 0.3) is 0 Å². The quantitative estimate of drug-likeness (QED) is 0.687. The Kier molecular flexibility index (Phi) is 4.09. The lowest BCUT2D eigenvalue weighted by Gasteiger charge is -2.10. The van der Waals surface area contributed by atoms with Gasteiger partial charge >= 0.3 is 0 Å². The summed E-state index contributed by atoms with van der Waals surface area (Å²) < 4.78 is 0. The number of phenolic OH excluding ortho intramolecular Hbond substituents is 1. The molecule has 0 saturated heterocycles. The van der Waals surface area contributed by atoms with E-state index < -0.39 is 0 Å². The number of aromatic hydroxyl groups is 1. The van der Waals surface area contributed by atoms with Crippen molar-refractivity contribution in [3.05, 3.63) is 23.3 Å². The molecule has 0 fully saturated rings. The smallest absolute Gasteiger partial charge is 0.243 e. The molecule has 3 N–H and O–H groups in total. The van der Waals surface area contributed by atoms with Gasteiger partial charge in [0, 0.05) is 12.6 Å². The fraction of sp³-hybridized carbons (Fsp3) is 0.333. The number of benzene rings is 1. The van der Waals surface area contributed by atoms with Gasteiger partial charge in [0.15, 0.2) is 0 Å². The van der Waals surface area contributed by atoms with Gasteiger partial charge in [-0.15, -0.1) is 0 Å². The second kappa shape index (κ2) is 5.34. The lowest BCUT2D eigenvalue weighted by atomic mass is 10.1. The topological polar surface area (TPSA) is 78.4 Å². The molecule has 0 aliphatic heterocycles. The molecular formula is C12H16N2O3. The zero-order valence-electron chi connectivity index (χ0n) is 10.1. The third kappa shape index (κ3) is 3.79. The summed E-state index contributed by atoms with van der Waals surface area (Å²) in [7, 11) is 0. The molecule has 2 amide bonds. The van der Waals surface area contributed by atoms with Gasteiger partial charge in [0.05, 0.1) is 6.54 Å². The molecule has 0 spiro atoms. The van der Waals surface area contributed by atoms with Crippen molar-refractivity contribution in [1.29, 1.82) is 0 Å². The van der Waals surface area contributed by atoms with E-state index in [0.29, 0.717) is 11.3 Å². The van der Waals surface area contributed by atoms with E-state index >= 15 is 0 Å². The highest BCUT2D eigenvalue weighted by atomic mass is 16.3. The second-order valence-electron chi connectivity index (χ2n) is 3.91. The van der Waals surface area contributed by atoms with Crippen molar-refractivity contribution in [2.24, 2.45) is 0 Å². The van der Waals surface area contributed by atoms with Crippen LogP contribution in [0.1, 0.15) is 18.1 Å². The monoisotopic (exact) mass is 236 g/mol. The van der Waals surface area contributed by atoms with E-state index in [1.165, 1.54) is 6.92 Å². The van der Waals surface area contributed by atoms with Crippen LogP contribution in [0.15, 0.2) is 12.1 Å². The summed E-state index contributed by atoms with van der Waals surface area (Å²) >= 11 is 0. The molecule has 0 aliphatic carbocycles. The van der Waals surface area contributed by atoms with Crippen molar-refractivity contribution in [3.8, 4) is 5.75 Å². The van der Waals surface area contributed by atoms with Gasteiger partial charge in [-0.05, 0) is 37.1 Å². The summed E-state index contributed by atoms with van der Waals surface area (Å²) in [5.41, 5.74) is 2.09. The van der Waals surface area contributed by atoms with Crippen molar-refractivity contribution in [2.45, 2.75) is 20.8 Å². The van der Waals surface area contributed by atoms with Gasteiger partial charge < -0.3 is 15.7 Å². The number of carbonyl (C=O) groups excluding carboxylic acids is 2. The maximum Gasteiger partial charge on any atom is 0.243 e. The highest BCUT2D eigenvalue weighted by Gasteiger charge is 2.07. The molecule has 0 aromatic heterocycles. The molecule has 0 atom stereocenters. The van der Waals surface area contributed by atoms with Gasteiger partial charge in [-0.2, -0.15) is 0 Å². The van der Waals surface area contributed by atoms with E-state index in [0.717, 1.165) is 5.56 Å². The van der Waals surface area contributed by atoms with Crippen molar-refractivity contribution in [1.82, 2.24) is 5.32 Å². The van der Waals surface area contributed by atoms with Gasteiger partial charge in [-0.25, -0.2) is 0 Å². The third-order valence-electron chi connectivity index (χ3n) is 2.31. The van der Waals surface area contributed by atoms with Crippen molar-refractivity contribution in [3.63, 3.8) is 0 Å². The van der Waals surface area contributed by atoms with E-state index in [1.54, 1.807) is 26.0 Å². The molecule has 0 radical (unpaired) electrons. The Labute approximate surface area is 99.8 Å². The molecule has 0 heterocycles. The molecule has 0 unspecified atom stereocenters. The molecule has 1 aromatic carbocycles. The zero-order valence-corrected chi connectivity index (χ0v) is 10.1. The first-order chi connectivity index (χ1) is 7.90. The second-order valence-corrected chi connectivity index (χ2v) is 3.91. The largest absolute Gasteiger partial charge is 0.508 e. The first kappa shape index (κ1) is 13.0. The van der Waals surface area contributed by atoms with Crippen LogP contribution in [0.5, 0.6) is 5.75 Å². The van der Waals surface area contributed by atoms with E-state index in [2.05, 4.69) is 10.6 Å². The lowest BCUT2D eigenvalue weighted by Crippen LogP contribution is -2.31. The van der Waals surface area contributed by atoms with E-state index in [9.17, 15) is 14.7 Å². The first-order valence-corrected chi connectivity index (χ1v) is 5.24. The molecule has 92 valence electrons. The number of aryl methyl sites for hydroxylation is 2. The average molecular weight is 236 g/mol. The normalized spacial score (nSPS) is 9.82. The molecule has 0 aliphatic rings. The third-order valence-corrected chi connectivity index (χ3v) is 2.31.